The highest BCUT2D eigenvalue weighted by atomic mass is 19.1. The van der Waals surface area contributed by atoms with Crippen LogP contribution in [0.4, 0.5) is 4.39 Å². The summed E-state index contributed by atoms with van der Waals surface area (Å²) >= 11 is 0. The summed E-state index contributed by atoms with van der Waals surface area (Å²) in [5, 5.41) is 7.03. The molecule has 156 valence electrons. The van der Waals surface area contributed by atoms with Crippen molar-refractivity contribution in [1.29, 1.82) is 0 Å². The van der Waals surface area contributed by atoms with E-state index in [-0.39, 0.29) is 17.6 Å². The van der Waals surface area contributed by atoms with Gasteiger partial charge in [0.05, 0.1) is 6.54 Å². The van der Waals surface area contributed by atoms with E-state index in [2.05, 4.69) is 20.4 Å². The van der Waals surface area contributed by atoms with Crippen LogP contribution in [-0.4, -0.2) is 40.6 Å². The molecule has 2 heterocycles. The smallest absolute Gasteiger partial charge is 0.234 e. The largest absolute Gasteiger partial charge is 0.351 e. The molecule has 1 aliphatic rings. The minimum Gasteiger partial charge on any atom is -0.351 e. The first-order valence-electron chi connectivity index (χ1n) is 10.2. The second kappa shape index (κ2) is 9.17. The van der Waals surface area contributed by atoms with Crippen LogP contribution in [0.1, 0.15) is 35.8 Å². The molecule has 1 amide bonds. The molecule has 3 aromatic rings. The Labute approximate surface area is 175 Å². The summed E-state index contributed by atoms with van der Waals surface area (Å²) in [6, 6.07) is 14.2. The van der Waals surface area contributed by atoms with Gasteiger partial charge in [0, 0.05) is 18.0 Å². The van der Waals surface area contributed by atoms with E-state index in [1.54, 1.807) is 12.1 Å². The molecule has 1 N–H and O–H groups in total. The van der Waals surface area contributed by atoms with E-state index in [4.69, 9.17) is 4.52 Å². The second-order valence-electron chi connectivity index (χ2n) is 7.78. The Hall–Kier alpha value is -3.06. The average Bonchev–Trinajstić information content (AvgIpc) is 3.24. The van der Waals surface area contributed by atoms with E-state index in [0.717, 1.165) is 42.6 Å². The first-order chi connectivity index (χ1) is 14.6. The van der Waals surface area contributed by atoms with E-state index in [0.29, 0.717) is 24.8 Å². The van der Waals surface area contributed by atoms with Gasteiger partial charge in [0.25, 0.3) is 0 Å². The predicted octanol–water partition coefficient (Wildman–Crippen LogP) is 3.68. The quantitative estimate of drug-likeness (QED) is 0.674. The number of aryl methyl sites for hydroxylation is 1. The molecule has 1 aliphatic heterocycles. The highest BCUT2D eigenvalue weighted by Crippen LogP contribution is 2.28. The molecule has 1 aromatic heterocycles. The number of hydrogen-bond donors (Lipinski definition) is 1. The van der Waals surface area contributed by atoms with Crippen LogP contribution in [0.3, 0.4) is 0 Å². The average molecular weight is 408 g/mol. The molecule has 4 rings (SSSR count). The Morgan fingerprint density at radius 3 is 2.70 bits per heavy atom. The maximum Gasteiger partial charge on any atom is 0.234 e. The summed E-state index contributed by atoms with van der Waals surface area (Å²) in [5.41, 5.74) is 2.99. The van der Waals surface area contributed by atoms with Crippen molar-refractivity contribution < 1.29 is 13.7 Å². The van der Waals surface area contributed by atoms with E-state index < -0.39 is 0 Å². The molecule has 0 radical (unpaired) electrons. The van der Waals surface area contributed by atoms with Gasteiger partial charge >= 0.3 is 0 Å². The van der Waals surface area contributed by atoms with Crippen LogP contribution in [0.25, 0.3) is 11.4 Å². The van der Waals surface area contributed by atoms with E-state index in [1.165, 1.54) is 12.1 Å². The summed E-state index contributed by atoms with van der Waals surface area (Å²) in [6.07, 6.45) is 1.75. The van der Waals surface area contributed by atoms with Crippen molar-refractivity contribution in [2.45, 2.75) is 32.2 Å². The number of benzene rings is 2. The van der Waals surface area contributed by atoms with Gasteiger partial charge in [-0.1, -0.05) is 41.1 Å². The van der Waals surface area contributed by atoms with E-state index >= 15 is 0 Å². The third-order valence-electron chi connectivity index (χ3n) is 5.42. The van der Waals surface area contributed by atoms with Crippen molar-refractivity contribution in [2.75, 3.05) is 19.6 Å². The van der Waals surface area contributed by atoms with Gasteiger partial charge in [0.15, 0.2) is 0 Å². The Morgan fingerprint density at radius 1 is 1.20 bits per heavy atom. The first-order valence-corrected chi connectivity index (χ1v) is 10.2. The van der Waals surface area contributed by atoms with Gasteiger partial charge in [-0.15, -0.1) is 0 Å². The molecule has 0 aliphatic carbocycles. The number of amides is 1. The van der Waals surface area contributed by atoms with E-state index in [9.17, 15) is 9.18 Å². The molecular formula is C23H25FN4O2. The molecule has 0 unspecified atom stereocenters. The Bertz CT molecular complexity index is 994. The van der Waals surface area contributed by atoms with Crippen LogP contribution >= 0.6 is 0 Å². The Balaban J connectivity index is 1.25. The molecule has 6 nitrogen and oxygen atoms in total. The molecule has 1 saturated heterocycles. The molecule has 0 spiro atoms. The lowest BCUT2D eigenvalue weighted by Gasteiger charge is -2.29. The van der Waals surface area contributed by atoms with Crippen molar-refractivity contribution in [3.63, 3.8) is 0 Å². The van der Waals surface area contributed by atoms with Crippen molar-refractivity contribution >= 4 is 5.91 Å². The zero-order chi connectivity index (χ0) is 20.9. The van der Waals surface area contributed by atoms with Crippen molar-refractivity contribution in [2.24, 2.45) is 0 Å². The summed E-state index contributed by atoms with van der Waals surface area (Å²) in [4.78, 5) is 19.0. The van der Waals surface area contributed by atoms with Gasteiger partial charge in [0.1, 0.15) is 5.82 Å². The maximum atomic E-state index is 12.9. The van der Waals surface area contributed by atoms with Crippen LogP contribution < -0.4 is 5.32 Å². The zero-order valence-electron chi connectivity index (χ0n) is 17.0. The third kappa shape index (κ3) is 5.10. The second-order valence-corrected chi connectivity index (χ2v) is 7.78. The number of hydrogen-bond acceptors (Lipinski definition) is 5. The summed E-state index contributed by atoms with van der Waals surface area (Å²) in [7, 11) is 0. The van der Waals surface area contributed by atoms with Crippen molar-refractivity contribution in [1.82, 2.24) is 20.4 Å². The van der Waals surface area contributed by atoms with Crippen LogP contribution in [0.5, 0.6) is 0 Å². The minimum absolute atomic E-state index is 0.0303. The topological polar surface area (TPSA) is 71.3 Å². The minimum atomic E-state index is -0.278. The van der Waals surface area contributed by atoms with Gasteiger partial charge in [-0.25, -0.2) is 4.39 Å². The number of aromatic nitrogens is 2. The van der Waals surface area contributed by atoms with Crippen LogP contribution in [0.15, 0.2) is 53.1 Å². The number of piperidine rings is 1. The van der Waals surface area contributed by atoms with Crippen molar-refractivity contribution in [3.05, 3.63) is 71.4 Å². The van der Waals surface area contributed by atoms with Gasteiger partial charge in [-0.05, 0) is 56.6 Å². The number of carbonyl (C=O) groups excluding carboxylic acids is 1. The Morgan fingerprint density at radius 2 is 1.97 bits per heavy atom. The van der Waals surface area contributed by atoms with Crippen LogP contribution in [0, 0.1) is 12.7 Å². The van der Waals surface area contributed by atoms with Gasteiger partial charge in [-0.2, -0.15) is 4.98 Å². The van der Waals surface area contributed by atoms with Gasteiger partial charge < -0.3 is 9.84 Å². The lowest BCUT2D eigenvalue weighted by atomic mass is 9.97. The molecule has 7 heteroatoms. The van der Waals surface area contributed by atoms with Gasteiger partial charge in [0.2, 0.25) is 17.6 Å². The third-order valence-corrected chi connectivity index (χ3v) is 5.42. The predicted molar refractivity (Wildman–Crippen MR) is 111 cm³/mol. The van der Waals surface area contributed by atoms with Crippen LogP contribution in [0.2, 0.25) is 0 Å². The lowest BCUT2D eigenvalue weighted by molar-refractivity contribution is -0.122. The molecule has 0 saturated carbocycles. The first kappa shape index (κ1) is 20.2. The number of halogens is 1. The number of nitrogens with zero attached hydrogens (tertiary/aromatic N) is 3. The van der Waals surface area contributed by atoms with Crippen molar-refractivity contribution in [3.8, 4) is 11.4 Å². The maximum absolute atomic E-state index is 12.9. The Kier molecular flexibility index (Phi) is 6.18. The molecular weight excluding hydrogens is 383 g/mol. The molecule has 2 aromatic carbocycles. The monoisotopic (exact) mass is 408 g/mol. The zero-order valence-corrected chi connectivity index (χ0v) is 17.0. The van der Waals surface area contributed by atoms with Gasteiger partial charge in [-0.3, -0.25) is 9.69 Å². The molecule has 0 bridgehead atoms. The molecule has 30 heavy (non-hydrogen) atoms. The summed E-state index contributed by atoms with van der Waals surface area (Å²) in [5.74, 6) is 1.20. The number of nitrogens with one attached hydrogen (secondary N) is 1. The fourth-order valence-electron chi connectivity index (χ4n) is 3.70. The fourth-order valence-corrected chi connectivity index (χ4v) is 3.70. The molecule has 0 atom stereocenters. The number of likely N-dealkylation sites (tertiary alicyclic amines) is 1. The standard InChI is InChI=1S/C23H25FN4O2/c1-16-3-2-4-19(13-16)22-26-23(30-27-22)18-9-11-28(12-10-18)15-21(29)25-14-17-5-7-20(24)8-6-17/h2-8,13,18H,9-12,14-15H2,1H3,(H,25,29). The summed E-state index contributed by atoms with van der Waals surface area (Å²) < 4.78 is 18.5. The lowest BCUT2D eigenvalue weighted by Crippen LogP contribution is -2.41. The van der Waals surface area contributed by atoms with Crippen LogP contribution in [-0.2, 0) is 11.3 Å². The van der Waals surface area contributed by atoms with E-state index in [1.807, 2.05) is 31.2 Å². The number of rotatable bonds is 6. The normalized spacial score (nSPS) is 15.3. The fraction of sp³-hybridized carbons (Fsp3) is 0.348. The highest BCUT2D eigenvalue weighted by Gasteiger charge is 2.26. The number of carbonyl (C=O) groups is 1. The molecule has 1 fully saturated rings. The summed E-state index contributed by atoms with van der Waals surface area (Å²) in [6.45, 7) is 4.40. The SMILES string of the molecule is Cc1cccc(-c2noc(C3CCN(CC(=O)NCc4ccc(F)cc4)CC3)n2)c1. The highest BCUT2D eigenvalue weighted by molar-refractivity contribution is 5.78.